The van der Waals surface area contributed by atoms with Gasteiger partial charge in [-0.15, -0.1) is 22.7 Å². The second-order valence-corrected chi connectivity index (χ2v) is 12.4. The van der Waals surface area contributed by atoms with Gasteiger partial charge in [-0.25, -0.2) is 0 Å². The smallest absolute Gasteiger partial charge is 0.0590 e. The number of benzene rings is 4. The van der Waals surface area contributed by atoms with Gasteiger partial charge in [-0.1, -0.05) is 48.5 Å². The van der Waals surface area contributed by atoms with Crippen molar-refractivity contribution >= 4 is 76.8 Å². The molecule has 0 N–H and O–H groups in total. The lowest BCUT2D eigenvalue weighted by molar-refractivity contribution is 0.985. The summed E-state index contributed by atoms with van der Waals surface area (Å²) in [5, 5.41) is 14.9. The Morgan fingerprint density at radius 3 is 1.24 bits per heavy atom. The van der Waals surface area contributed by atoms with Gasteiger partial charge in [0.2, 0.25) is 0 Å². The first-order chi connectivity index (χ1) is 18.5. The predicted molar refractivity (Wildman–Crippen MR) is 168 cm³/mol. The third-order valence-corrected chi connectivity index (χ3v) is 10.3. The molecule has 0 aliphatic carbocycles. The average Bonchev–Trinajstić information content (AvgIpc) is 3.69. The first-order valence-electron chi connectivity index (χ1n) is 12.9. The van der Waals surface area contributed by atoms with Crippen molar-refractivity contribution in [1.82, 2.24) is 9.13 Å². The third kappa shape index (κ3) is 2.99. The first-order valence-corrected chi connectivity index (χ1v) is 14.7. The molecular formula is C34H26N2S2. The maximum atomic E-state index is 2.37. The SMILES string of the molecule is Cc1csc(-c2cc3ccc4c5ccc6c(ccc7cc(-c8cc(C)cs8)n(C)c76)c5ccc4c3n2C)c1. The number of hydrogen-bond acceptors (Lipinski definition) is 2. The minimum atomic E-state index is 1.28. The molecule has 0 atom stereocenters. The van der Waals surface area contributed by atoms with Crippen LogP contribution in [0.2, 0.25) is 0 Å². The first kappa shape index (κ1) is 22.2. The fourth-order valence-corrected chi connectivity index (χ4v) is 8.26. The van der Waals surface area contributed by atoms with Crippen LogP contribution in [-0.4, -0.2) is 9.13 Å². The van der Waals surface area contributed by atoms with Crippen LogP contribution in [0.4, 0.5) is 0 Å². The molecule has 4 aromatic heterocycles. The summed E-state index contributed by atoms with van der Waals surface area (Å²) in [4.78, 5) is 2.65. The van der Waals surface area contributed by atoms with Gasteiger partial charge in [-0.2, -0.15) is 0 Å². The van der Waals surface area contributed by atoms with Crippen molar-refractivity contribution in [1.29, 1.82) is 0 Å². The molecule has 0 bridgehead atoms. The zero-order valence-corrected chi connectivity index (χ0v) is 23.4. The molecule has 0 unspecified atom stereocenters. The number of aryl methyl sites for hydroxylation is 4. The summed E-state index contributed by atoms with van der Waals surface area (Å²) in [6.45, 7) is 4.34. The van der Waals surface area contributed by atoms with Gasteiger partial charge in [-0.05, 0) is 81.5 Å². The summed E-state index contributed by atoms with van der Waals surface area (Å²) in [6, 6.07) is 27.8. The minimum Gasteiger partial charge on any atom is -0.342 e. The van der Waals surface area contributed by atoms with Gasteiger partial charge < -0.3 is 9.13 Å². The van der Waals surface area contributed by atoms with E-state index in [1.165, 1.54) is 86.4 Å². The Bertz CT molecular complexity index is 2070. The second-order valence-electron chi connectivity index (χ2n) is 10.6. The van der Waals surface area contributed by atoms with E-state index in [0.717, 1.165) is 0 Å². The van der Waals surface area contributed by atoms with Crippen molar-refractivity contribution < 1.29 is 0 Å². The predicted octanol–water partition coefficient (Wildman–Crippen LogP) is 10.2. The largest absolute Gasteiger partial charge is 0.342 e. The number of fused-ring (bicyclic) bond motifs is 9. The molecule has 8 rings (SSSR count). The lowest BCUT2D eigenvalue weighted by Crippen LogP contribution is -1.92. The van der Waals surface area contributed by atoms with Gasteiger partial charge in [0.05, 0.1) is 32.2 Å². The van der Waals surface area contributed by atoms with Crippen LogP contribution >= 0.6 is 22.7 Å². The van der Waals surface area contributed by atoms with E-state index in [1.807, 2.05) is 22.7 Å². The zero-order chi connectivity index (χ0) is 25.7. The van der Waals surface area contributed by atoms with E-state index in [-0.39, 0.29) is 0 Å². The van der Waals surface area contributed by atoms with Gasteiger partial charge >= 0.3 is 0 Å². The van der Waals surface area contributed by atoms with E-state index < -0.39 is 0 Å². The zero-order valence-electron chi connectivity index (χ0n) is 21.8. The van der Waals surface area contributed by atoms with Crippen molar-refractivity contribution in [2.24, 2.45) is 14.1 Å². The van der Waals surface area contributed by atoms with E-state index in [1.54, 1.807) is 0 Å². The fraction of sp³-hybridized carbons (Fsp3) is 0.118. The van der Waals surface area contributed by atoms with E-state index in [4.69, 9.17) is 0 Å². The molecule has 2 nitrogen and oxygen atoms in total. The number of thiophene rings is 2. The Hall–Kier alpha value is -3.86. The molecule has 0 saturated heterocycles. The highest BCUT2D eigenvalue weighted by molar-refractivity contribution is 7.14. The maximum Gasteiger partial charge on any atom is 0.0590 e. The minimum absolute atomic E-state index is 1.28. The molecule has 0 spiro atoms. The molecule has 0 fully saturated rings. The molecule has 0 aliphatic rings. The molecular weight excluding hydrogens is 501 g/mol. The van der Waals surface area contributed by atoms with Gasteiger partial charge in [0.25, 0.3) is 0 Å². The standard InChI is InChI=1S/C34H26N2S2/c1-19-13-31(37-17-19)29-15-21-5-7-25-23-10-12-28-26(24(23)9-11-27(25)33(21)35(29)3)8-6-22-16-30(36(4)34(22)28)32-14-20(2)18-38-32/h5-18H,1-4H3. The van der Waals surface area contributed by atoms with Gasteiger partial charge in [-0.3, -0.25) is 0 Å². The van der Waals surface area contributed by atoms with Crippen LogP contribution in [0, 0.1) is 13.8 Å². The van der Waals surface area contributed by atoms with E-state index >= 15 is 0 Å². The van der Waals surface area contributed by atoms with Crippen LogP contribution in [0.3, 0.4) is 0 Å². The molecule has 0 saturated carbocycles. The van der Waals surface area contributed by atoms with Gasteiger partial charge in [0, 0.05) is 35.6 Å². The molecule has 4 heteroatoms. The Morgan fingerprint density at radius 1 is 0.474 bits per heavy atom. The van der Waals surface area contributed by atoms with Crippen molar-refractivity contribution in [3.8, 4) is 21.1 Å². The van der Waals surface area contributed by atoms with E-state index in [2.05, 4.69) is 121 Å². The lowest BCUT2D eigenvalue weighted by Gasteiger charge is -2.12. The maximum absolute atomic E-state index is 2.37. The van der Waals surface area contributed by atoms with Crippen LogP contribution in [0.1, 0.15) is 11.1 Å². The van der Waals surface area contributed by atoms with Gasteiger partial charge in [0.15, 0.2) is 0 Å². The van der Waals surface area contributed by atoms with Crippen molar-refractivity contribution in [3.63, 3.8) is 0 Å². The highest BCUT2D eigenvalue weighted by atomic mass is 32.1. The summed E-state index contributed by atoms with van der Waals surface area (Å²) < 4.78 is 4.74. The molecule has 0 aliphatic heterocycles. The summed E-state index contributed by atoms with van der Waals surface area (Å²) >= 11 is 3.65. The molecule has 8 aromatic rings. The number of nitrogens with zero attached hydrogens (tertiary/aromatic N) is 2. The number of aromatic nitrogens is 2. The van der Waals surface area contributed by atoms with Crippen molar-refractivity contribution in [2.45, 2.75) is 13.8 Å². The molecule has 184 valence electrons. The lowest BCUT2D eigenvalue weighted by atomic mass is 9.95. The molecule has 38 heavy (non-hydrogen) atoms. The normalized spacial score (nSPS) is 12.2. The number of rotatable bonds is 2. The Balaban J connectivity index is 1.39. The molecule has 4 heterocycles. The third-order valence-electron chi connectivity index (χ3n) is 8.14. The Labute approximate surface area is 229 Å². The second kappa shape index (κ2) is 7.83. The Morgan fingerprint density at radius 2 is 0.842 bits per heavy atom. The average molecular weight is 527 g/mol. The molecule has 0 amide bonds. The molecule has 4 aromatic carbocycles. The molecule has 0 radical (unpaired) electrons. The van der Waals surface area contributed by atoms with Gasteiger partial charge in [0.1, 0.15) is 0 Å². The van der Waals surface area contributed by atoms with Crippen LogP contribution in [0.15, 0.2) is 83.6 Å². The summed E-state index contributed by atoms with van der Waals surface area (Å²) in [7, 11) is 4.41. The van der Waals surface area contributed by atoms with Crippen LogP contribution in [0.5, 0.6) is 0 Å². The quantitative estimate of drug-likeness (QED) is 0.198. The highest BCUT2D eigenvalue weighted by Gasteiger charge is 2.16. The summed E-state index contributed by atoms with van der Waals surface area (Å²) in [5.74, 6) is 0. The topological polar surface area (TPSA) is 9.86 Å². The van der Waals surface area contributed by atoms with Crippen molar-refractivity contribution in [2.75, 3.05) is 0 Å². The van der Waals surface area contributed by atoms with Crippen molar-refractivity contribution in [3.05, 3.63) is 94.7 Å². The Kier molecular flexibility index (Phi) is 4.56. The summed E-state index contributed by atoms with van der Waals surface area (Å²) in [5.41, 5.74) is 7.82. The highest BCUT2D eigenvalue weighted by Crippen LogP contribution is 2.41. The van der Waals surface area contributed by atoms with E-state index in [9.17, 15) is 0 Å². The van der Waals surface area contributed by atoms with Crippen LogP contribution in [-0.2, 0) is 14.1 Å². The van der Waals surface area contributed by atoms with Crippen LogP contribution < -0.4 is 0 Å². The summed E-state index contributed by atoms with van der Waals surface area (Å²) in [6.07, 6.45) is 0. The van der Waals surface area contributed by atoms with Crippen LogP contribution in [0.25, 0.3) is 75.3 Å². The number of hydrogen-bond donors (Lipinski definition) is 0. The monoisotopic (exact) mass is 526 g/mol. The fourth-order valence-electron chi connectivity index (χ4n) is 6.35. The van der Waals surface area contributed by atoms with E-state index in [0.29, 0.717) is 0 Å².